The van der Waals surface area contributed by atoms with Gasteiger partial charge in [0.05, 0.1) is 5.69 Å². The van der Waals surface area contributed by atoms with E-state index in [1.807, 2.05) is 42.5 Å². The second-order valence-electron chi connectivity index (χ2n) is 3.92. The molecule has 1 aromatic carbocycles. The second kappa shape index (κ2) is 5.27. The molecule has 0 unspecified atom stereocenters. The van der Waals surface area contributed by atoms with Crippen LogP contribution in [0.3, 0.4) is 0 Å². The molecule has 0 saturated carbocycles. The first-order valence-corrected chi connectivity index (χ1v) is 5.88. The van der Waals surface area contributed by atoms with Gasteiger partial charge in [0.2, 0.25) is 5.95 Å². The molecule has 0 aliphatic rings. The van der Waals surface area contributed by atoms with Crippen molar-refractivity contribution < 1.29 is 0 Å². The van der Waals surface area contributed by atoms with Crippen molar-refractivity contribution >= 4 is 11.6 Å². The molecule has 1 N–H and O–H groups in total. The number of benzene rings is 1. The molecular formula is C15H11N4. The topological polar surface area (TPSA) is 50.7 Å². The molecule has 3 aromatic rings. The van der Waals surface area contributed by atoms with Crippen molar-refractivity contribution in [1.29, 1.82) is 0 Å². The number of pyridine rings is 1. The Morgan fingerprint density at radius 1 is 1.00 bits per heavy atom. The molecule has 2 aromatic heterocycles. The van der Waals surface area contributed by atoms with Crippen LogP contribution in [0.5, 0.6) is 0 Å². The van der Waals surface area contributed by atoms with Crippen molar-refractivity contribution in [3.05, 3.63) is 67.1 Å². The Bertz CT molecular complexity index is 653. The average Bonchev–Trinajstić information content (AvgIpc) is 2.49. The number of hydrogen-bond acceptors (Lipinski definition) is 4. The molecule has 4 heteroatoms. The van der Waals surface area contributed by atoms with E-state index in [1.165, 1.54) is 0 Å². The van der Waals surface area contributed by atoms with Crippen molar-refractivity contribution in [2.45, 2.75) is 0 Å². The molecule has 19 heavy (non-hydrogen) atoms. The Labute approximate surface area is 111 Å². The zero-order valence-corrected chi connectivity index (χ0v) is 10.1. The average molecular weight is 247 g/mol. The summed E-state index contributed by atoms with van der Waals surface area (Å²) >= 11 is 0. The number of rotatable bonds is 3. The summed E-state index contributed by atoms with van der Waals surface area (Å²) in [6.45, 7) is 0. The van der Waals surface area contributed by atoms with Crippen molar-refractivity contribution in [1.82, 2.24) is 15.0 Å². The monoisotopic (exact) mass is 247 g/mol. The number of nitrogens with zero attached hydrogens (tertiary/aromatic N) is 3. The first kappa shape index (κ1) is 11.3. The number of aromatic nitrogens is 3. The SMILES string of the molecule is [c]1ccc(Nc2nccc(-c3cccnc3)n2)cc1. The Hall–Kier alpha value is -2.75. The minimum atomic E-state index is 0.563. The summed E-state index contributed by atoms with van der Waals surface area (Å²) in [5, 5.41) is 3.15. The van der Waals surface area contributed by atoms with Crippen LogP contribution in [-0.2, 0) is 0 Å². The quantitative estimate of drug-likeness (QED) is 0.772. The van der Waals surface area contributed by atoms with Crippen LogP contribution in [0.25, 0.3) is 11.3 Å². The maximum atomic E-state index is 4.47. The third-order valence-electron chi connectivity index (χ3n) is 2.59. The molecule has 1 radical (unpaired) electrons. The maximum Gasteiger partial charge on any atom is 0.227 e. The van der Waals surface area contributed by atoms with Crippen molar-refractivity contribution in [3.63, 3.8) is 0 Å². The van der Waals surface area contributed by atoms with Gasteiger partial charge >= 0.3 is 0 Å². The normalized spacial score (nSPS) is 10.1. The molecule has 0 spiro atoms. The van der Waals surface area contributed by atoms with Gasteiger partial charge in [-0.2, -0.15) is 0 Å². The van der Waals surface area contributed by atoms with Crippen molar-refractivity contribution in [2.24, 2.45) is 0 Å². The first-order valence-electron chi connectivity index (χ1n) is 5.88. The number of anilines is 2. The first-order chi connectivity index (χ1) is 9.42. The Morgan fingerprint density at radius 3 is 2.68 bits per heavy atom. The lowest BCUT2D eigenvalue weighted by Crippen LogP contribution is -1.97. The smallest absolute Gasteiger partial charge is 0.227 e. The van der Waals surface area contributed by atoms with Crippen LogP contribution in [0.4, 0.5) is 11.6 Å². The van der Waals surface area contributed by atoms with Gasteiger partial charge in [-0.15, -0.1) is 0 Å². The van der Waals surface area contributed by atoms with Crippen LogP contribution in [0.1, 0.15) is 0 Å². The summed E-state index contributed by atoms with van der Waals surface area (Å²) in [4.78, 5) is 12.8. The minimum Gasteiger partial charge on any atom is -0.324 e. The summed E-state index contributed by atoms with van der Waals surface area (Å²) in [6, 6.07) is 16.2. The molecule has 0 aliphatic heterocycles. The predicted molar refractivity (Wildman–Crippen MR) is 73.8 cm³/mol. The van der Waals surface area contributed by atoms with E-state index in [2.05, 4.69) is 26.3 Å². The van der Waals surface area contributed by atoms with E-state index >= 15 is 0 Å². The van der Waals surface area contributed by atoms with E-state index in [4.69, 9.17) is 0 Å². The molecule has 2 heterocycles. The maximum absolute atomic E-state index is 4.47. The van der Waals surface area contributed by atoms with E-state index < -0.39 is 0 Å². The highest BCUT2D eigenvalue weighted by atomic mass is 15.1. The van der Waals surface area contributed by atoms with Gasteiger partial charge in [0.25, 0.3) is 0 Å². The number of nitrogens with one attached hydrogen (secondary N) is 1. The fourth-order valence-electron chi connectivity index (χ4n) is 1.69. The summed E-state index contributed by atoms with van der Waals surface area (Å²) < 4.78 is 0. The second-order valence-corrected chi connectivity index (χ2v) is 3.92. The molecule has 4 nitrogen and oxygen atoms in total. The zero-order chi connectivity index (χ0) is 12.9. The van der Waals surface area contributed by atoms with Gasteiger partial charge in [-0.05, 0) is 36.4 Å². The Morgan fingerprint density at radius 2 is 1.89 bits per heavy atom. The van der Waals surface area contributed by atoms with E-state index in [0.29, 0.717) is 5.95 Å². The largest absolute Gasteiger partial charge is 0.324 e. The molecule has 0 atom stereocenters. The van der Waals surface area contributed by atoms with Gasteiger partial charge in [0, 0.05) is 29.8 Å². The summed E-state index contributed by atoms with van der Waals surface area (Å²) in [6.07, 6.45) is 5.25. The molecule has 0 amide bonds. The molecule has 0 bridgehead atoms. The van der Waals surface area contributed by atoms with Gasteiger partial charge in [0.15, 0.2) is 0 Å². The zero-order valence-electron chi connectivity index (χ0n) is 10.1. The summed E-state index contributed by atoms with van der Waals surface area (Å²) in [5.74, 6) is 0.563. The highest BCUT2D eigenvalue weighted by Gasteiger charge is 2.02. The number of hydrogen-bond donors (Lipinski definition) is 1. The highest BCUT2D eigenvalue weighted by molar-refractivity contribution is 5.60. The fourth-order valence-corrected chi connectivity index (χ4v) is 1.69. The lowest BCUT2D eigenvalue weighted by Gasteiger charge is -2.06. The highest BCUT2D eigenvalue weighted by Crippen LogP contribution is 2.17. The van der Waals surface area contributed by atoms with Crippen molar-refractivity contribution in [2.75, 3.05) is 5.32 Å². The van der Waals surface area contributed by atoms with E-state index in [1.54, 1.807) is 18.6 Å². The molecule has 0 aliphatic carbocycles. The fraction of sp³-hybridized carbons (Fsp3) is 0. The van der Waals surface area contributed by atoms with Crippen LogP contribution in [-0.4, -0.2) is 15.0 Å². The van der Waals surface area contributed by atoms with Crippen LogP contribution in [0.15, 0.2) is 61.1 Å². The molecule has 91 valence electrons. The van der Waals surface area contributed by atoms with E-state index in [9.17, 15) is 0 Å². The Balaban J connectivity index is 1.89. The van der Waals surface area contributed by atoms with Crippen LogP contribution in [0.2, 0.25) is 0 Å². The summed E-state index contributed by atoms with van der Waals surface area (Å²) in [7, 11) is 0. The van der Waals surface area contributed by atoms with Gasteiger partial charge in [-0.3, -0.25) is 4.98 Å². The molecule has 0 saturated heterocycles. The predicted octanol–water partition coefficient (Wildman–Crippen LogP) is 3.08. The van der Waals surface area contributed by atoms with E-state index in [-0.39, 0.29) is 0 Å². The van der Waals surface area contributed by atoms with Crippen LogP contribution in [0, 0.1) is 6.07 Å². The summed E-state index contributed by atoms with van der Waals surface area (Å²) in [5.41, 5.74) is 2.74. The molecular weight excluding hydrogens is 236 g/mol. The van der Waals surface area contributed by atoms with Gasteiger partial charge in [0.1, 0.15) is 0 Å². The van der Waals surface area contributed by atoms with Gasteiger partial charge in [-0.1, -0.05) is 12.1 Å². The third-order valence-corrected chi connectivity index (χ3v) is 2.59. The van der Waals surface area contributed by atoms with Crippen molar-refractivity contribution in [3.8, 4) is 11.3 Å². The van der Waals surface area contributed by atoms with Gasteiger partial charge in [-0.25, -0.2) is 9.97 Å². The Kier molecular flexibility index (Phi) is 3.14. The van der Waals surface area contributed by atoms with Gasteiger partial charge < -0.3 is 5.32 Å². The standard InChI is InChI=1S/C15H11N4/c1-2-6-13(7-3-1)18-15-17-10-8-14(19-15)12-5-4-9-16-11-12/h2-11H,(H,17,18,19). The van der Waals surface area contributed by atoms with Crippen LogP contribution >= 0.6 is 0 Å². The molecule has 0 fully saturated rings. The molecule has 3 rings (SSSR count). The minimum absolute atomic E-state index is 0.563. The lowest BCUT2D eigenvalue weighted by molar-refractivity contribution is 1.16. The third kappa shape index (κ3) is 2.74. The lowest BCUT2D eigenvalue weighted by atomic mass is 10.2. The van der Waals surface area contributed by atoms with Crippen LogP contribution < -0.4 is 5.32 Å². The van der Waals surface area contributed by atoms with E-state index in [0.717, 1.165) is 16.9 Å².